The van der Waals surface area contributed by atoms with Crippen LogP contribution in [0.25, 0.3) is 11.0 Å². The van der Waals surface area contributed by atoms with E-state index in [0.717, 1.165) is 6.20 Å². The average molecular weight is 442 g/mol. The highest BCUT2D eigenvalue weighted by Gasteiger charge is 2.52. The molecule has 0 radical (unpaired) electrons. The largest absolute Gasteiger partial charge is 0.387 e. The molecule has 3 N–H and O–H groups in total. The first-order chi connectivity index (χ1) is 13.6. The maximum absolute atomic E-state index is 14.4. The molecule has 0 amide bonds. The third kappa shape index (κ3) is 3.20. The highest BCUT2D eigenvalue weighted by Crippen LogP contribution is 2.41. The van der Waals surface area contributed by atoms with Gasteiger partial charge in [-0.1, -0.05) is 29.3 Å². The molecule has 0 aliphatic carbocycles. The molecule has 1 aliphatic heterocycles. The Labute approximate surface area is 175 Å². The molecule has 1 aromatic carbocycles. The van der Waals surface area contributed by atoms with Crippen LogP contribution >= 0.6 is 23.2 Å². The molecule has 5 atom stereocenters. The number of aliphatic hydroxyl groups excluding tert-OH is 2. The van der Waals surface area contributed by atoms with E-state index in [1.165, 1.54) is 30.0 Å². The molecular formula is C19H18Cl2FN3O4. The zero-order valence-electron chi connectivity index (χ0n) is 15.4. The van der Waals surface area contributed by atoms with Gasteiger partial charge >= 0.3 is 0 Å². The lowest BCUT2D eigenvalue weighted by Gasteiger charge is -2.32. The van der Waals surface area contributed by atoms with Gasteiger partial charge in [0.05, 0.1) is 21.1 Å². The Kier molecular flexibility index (Phi) is 5.05. The molecule has 1 fully saturated rings. The lowest BCUT2D eigenvalue weighted by Crippen LogP contribution is -2.45. The molecule has 4 rings (SSSR count). The van der Waals surface area contributed by atoms with Gasteiger partial charge in [-0.2, -0.15) is 0 Å². The second-order valence-corrected chi connectivity index (χ2v) is 8.06. The lowest BCUT2D eigenvalue weighted by atomic mass is 9.87. The molecule has 7 nitrogen and oxygen atoms in total. The fourth-order valence-electron chi connectivity index (χ4n) is 3.71. The minimum Gasteiger partial charge on any atom is -0.387 e. The molecule has 2 aromatic heterocycles. The number of rotatable bonds is 3. The van der Waals surface area contributed by atoms with E-state index in [1.54, 1.807) is 13.0 Å². The summed E-state index contributed by atoms with van der Waals surface area (Å²) in [5, 5.41) is 33.0. The lowest BCUT2D eigenvalue weighted by molar-refractivity contribution is -0.135. The average Bonchev–Trinajstić information content (AvgIpc) is 3.16. The summed E-state index contributed by atoms with van der Waals surface area (Å²) in [7, 11) is 0. The van der Waals surface area contributed by atoms with Crippen LogP contribution in [0.1, 0.15) is 24.4 Å². The summed E-state index contributed by atoms with van der Waals surface area (Å²) in [6, 6.07) is 4.52. The number of hydrogen-bond acceptors (Lipinski definition) is 6. The van der Waals surface area contributed by atoms with E-state index in [4.69, 9.17) is 27.9 Å². The van der Waals surface area contributed by atoms with Gasteiger partial charge in [0.1, 0.15) is 35.9 Å². The number of ether oxygens (including phenoxy) is 1. The summed E-state index contributed by atoms with van der Waals surface area (Å²) in [6.07, 6.45) is -2.92. The molecular weight excluding hydrogens is 424 g/mol. The smallest absolute Gasteiger partial charge is 0.164 e. The molecule has 10 heteroatoms. The Hall–Kier alpha value is -1.81. The van der Waals surface area contributed by atoms with Crippen molar-refractivity contribution in [2.45, 2.75) is 44.0 Å². The van der Waals surface area contributed by atoms with Gasteiger partial charge in [0.25, 0.3) is 0 Å². The van der Waals surface area contributed by atoms with Gasteiger partial charge < -0.3 is 24.6 Å². The molecule has 0 saturated carbocycles. The zero-order chi connectivity index (χ0) is 21.1. The van der Waals surface area contributed by atoms with E-state index in [9.17, 15) is 19.7 Å². The molecule has 1 saturated heterocycles. The minimum atomic E-state index is -1.73. The van der Waals surface area contributed by atoms with Crippen molar-refractivity contribution in [3.63, 3.8) is 0 Å². The predicted octanol–water partition coefficient (Wildman–Crippen LogP) is 2.71. The van der Waals surface area contributed by atoms with Gasteiger partial charge in [0.2, 0.25) is 0 Å². The summed E-state index contributed by atoms with van der Waals surface area (Å²) in [6.45, 7) is 3.06. The summed E-state index contributed by atoms with van der Waals surface area (Å²) in [5.74, 6) is -0.580. The van der Waals surface area contributed by atoms with Crippen LogP contribution in [0.15, 0.2) is 30.7 Å². The first kappa shape index (κ1) is 20.5. The Morgan fingerprint density at radius 3 is 2.59 bits per heavy atom. The first-order valence-electron chi connectivity index (χ1n) is 8.80. The van der Waals surface area contributed by atoms with E-state index in [1.807, 2.05) is 0 Å². The van der Waals surface area contributed by atoms with E-state index < -0.39 is 36.0 Å². The minimum absolute atomic E-state index is 0.192. The summed E-state index contributed by atoms with van der Waals surface area (Å²) in [5.41, 5.74) is -0.749. The van der Waals surface area contributed by atoms with Crippen molar-refractivity contribution >= 4 is 34.2 Å². The van der Waals surface area contributed by atoms with E-state index in [0.29, 0.717) is 16.3 Å². The third-order valence-corrected chi connectivity index (χ3v) is 6.06. The van der Waals surface area contributed by atoms with E-state index in [2.05, 4.69) is 9.97 Å². The summed E-state index contributed by atoms with van der Waals surface area (Å²) < 4.78 is 21.6. The number of benzene rings is 1. The van der Waals surface area contributed by atoms with Crippen LogP contribution in [0.4, 0.5) is 4.39 Å². The molecule has 29 heavy (non-hydrogen) atoms. The number of hydrogen-bond donors (Lipinski definition) is 3. The quantitative estimate of drug-likeness (QED) is 0.577. The van der Waals surface area contributed by atoms with Crippen LogP contribution in [0.3, 0.4) is 0 Å². The Morgan fingerprint density at radius 2 is 1.90 bits per heavy atom. The first-order valence-corrected chi connectivity index (χ1v) is 9.55. The summed E-state index contributed by atoms with van der Waals surface area (Å²) in [4.78, 5) is 8.05. The monoisotopic (exact) mass is 441 g/mol. The molecule has 1 aliphatic rings. The third-order valence-electron chi connectivity index (χ3n) is 5.32. The Balaban J connectivity index is 1.73. The number of halogens is 3. The topological polar surface area (TPSA) is 101 Å². The summed E-state index contributed by atoms with van der Waals surface area (Å²) >= 11 is 12.0. The fourth-order valence-corrected chi connectivity index (χ4v) is 4.01. The second kappa shape index (κ2) is 7.16. The van der Waals surface area contributed by atoms with Crippen molar-refractivity contribution in [1.29, 1.82) is 0 Å². The van der Waals surface area contributed by atoms with Crippen LogP contribution in [0.5, 0.6) is 0 Å². The number of nitrogens with zero attached hydrogens (tertiary/aromatic N) is 3. The maximum Gasteiger partial charge on any atom is 0.164 e. The number of aryl methyl sites for hydroxylation is 1. The molecule has 154 valence electrons. The van der Waals surface area contributed by atoms with Crippen molar-refractivity contribution in [2.75, 3.05) is 0 Å². The highest BCUT2D eigenvalue weighted by molar-refractivity contribution is 6.42. The van der Waals surface area contributed by atoms with Gasteiger partial charge in [-0.05, 0) is 31.5 Å². The Bertz CT molecular complexity index is 1090. The van der Waals surface area contributed by atoms with Crippen molar-refractivity contribution in [1.82, 2.24) is 14.5 Å². The second-order valence-electron chi connectivity index (χ2n) is 7.25. The SMILES string of the molecule is Cc1ncnc2c1c(F)cn2[C@@H]1O[C@H]([C@](C)(O)c2ccc(Cl)c(Cl)c2)[C@@H](O)[C@H]1O. The maximum atomic E-state index is 14.4. The van der Waals surface area contributed by atoms with E-state index >= 15 is 0 Å². The van der Waals surface area contributed by atoms with Gasteiger partial charge in [-0.3, -0.25) is 0 Å². The van der Waals surface area contributed by atoms with Crippen LogP contribution < -0.4 is 0 Å². The van der Waals surface area contributed by atoms with Crippen molar-refractivity contribution in [3.05, 3.63) is 57.8 Å². The normalized spacial score (nSPS) is 26.8. The Morgan fingerprint density at radius 1 is 1.17 bits per heavy atom. The zero-order valence-corrected chi connectivity index (χ0v) is 16.9. The molecule has 3 heterocycles. The van der Waals surface area contributed by atoms with Crippen molar-refractivity contribution in [3.8, 4) is 0 Å². The van der Waals surface area contributed by atoms with Gasteiger partial charge in [0, 0.05) is 6.20 Å². The molecule has 0 bridgehead atoms. The predicted molar refractivity (Wildman–Crippen MR) is 104 cm³/mol. The molecule has 3 aromatic rings. The molecule has 0 spiro atoms. The van der Waals surface area contributed by atoms with Gasteiger partial charge in [-0.15, -0.1) is 0 Å². The van der Waals surface area contributed by atoms with Crippen LogP contribution in [-0.4, -0.2) is 48.2 Å². The number of aliphatic hydroxyl groups is 3. The fraction of sp³-hybridized carbons (Fsp3) is 0.368. The van der Waals surface area contributed by atoms with Crippen molar-refractivity contribution in [2.24, 2.45) is 0 Å². The number of fused-ring (bicyclic) bond motifs is 1. The molecule has 0 unspecified atom stereocenters. The van der Waals surface area contributed by atoms with E-state index in [-0.39, 0.29) is 16.1 Å². The van der Waals surface area contributed by atoms with Gasteiger partial charge in [-0.25, -0.2) is 14.4 Å². The highest BCUT2D eigenvalue weighted by atomic mass is 35.5. The van der Waals surface area contributed by atoms with Crippen LogP contribution in [0.2, 0.25) is 10.0 Å². The number of aromatic nitrogens is 3. The van der Waals surface area contributed by atoms with Gasteiger partial charge in [0.15, 0.2) is 12.0 Å². The van der Waals surface area contributed by atoms with Crippen LogP contribution in [-0.2, 0) is 10.3 Å². The standard InChI is InChI=1S/C19H18Cl2FN3O4/c1-8-13-12(22)6-25(17(13)24-7-23-8)18-15(27)14(26)16(29-18)19(2,28)9-3-4-10(20)11(21)5-9/h3-7,14-16,18,26-28H,1-2H3/t14-,15+,16-,18+,19+/m0/s1. The van der Waals surface area contributed by atoms with Crippen molar-refractivity contribution < 1.29 is 24.4 Å². The van der Waals surface area contributed by atoms with Crippen LogP contribution in [0, 0.1) is 12.7 Å².